The average Bonchev–Trinajstić information content (AvgIpc) is 3.29. The van der Waals surface area contributed by atoms with Gasteiger partial charge in [-0.1, -0.05) is 32.3 Å². The van der Waals surface area contributed by atoms with Gasteiger partial charge < -0.3 is 14.8 Å². The summed E-state index contributed by atoms with van der Waals surface area (Å²) in [5.74, 6) is 0. The highest BCUT2D eigenvalue weighted by atomic mass is 32.1. The molecule has 2 aromatic rings. The zero-order valence-electron chi connectivity index (χ0n) is 15.5. The third-order valence-corrected chi connectivity index (χ3v) is 6.09. The summed E-state index contributed by atoms with van der Waals surface area (Å²) < 4.78 is 2.44. The Morgan fingerprint density at radius 2 is 2.04 bits per heavy atom. The van der Waals surface area contributed by atoms with Crippen molar-refractivity contribution >= 4 is 17.3 Å². The van der Waals surface area contributed by atoms with Gasteiger partial charge in [0, 0.05) is 31.2 Å². The maximum atomic E-state index is 5.67. The maximum Gasteiger partial charge on any atom is 0.170 e. The van der Waals surface area contributed by atoms with Crippen molar-refractivity contribution in [1.29, 1.82) is 0 Å². The van der Waals surface area contributed by atoms with E-state index in [1.807, 2.05) is 12.3 Å². The molecule has 1 N–H and O–H groups in total. The standard InChI is InChI=1S/C21H28N4S/c1-2-13-25-20(19(23-21(25)26)18-10-6-7-12-22-18)16-11-14-24(15-16)17-8-4-3-5-9-17/h6-7,10-12,14-15,17,19-20H,2-5,8-9,13H2,1H3,(H,23,26)/t19-,20+/m1/s1. The highest BCUT2D eigenvalue weighted by molar-refractivity contribution is 7.80. The smallest absolute Gasteiger partial charge is 0.170 e. The summed E-state index contributed by atoms with van der Waals surface area (Å²) in [6.45, 7) is 3.18. The van der Waals surface area contributed by atoms with Crippen LogP contribution in [0.5, 0.6) is 0 Å². The van der Waals surface area contributed by atoms with Crippen molar-refractivity contribution in [1.82, 2.24) is 19.8 Å². The van der Waals surface area contributed by atoms with Crippen LogP contribution in [0.4, 0.5) is 0 Å². The van der Waals surface area contributed by atoms with E-state index >= 15 is 0 Å². The van der Waals surface area contributed by atoms with Crippen LogP contribution in [0.2, 0.25) is 0 Å². The zero-order valence-corrected chi connectivity index (χ0v) is 16.3. The molecule has 0 aromatic carbocycles. The Labute approximate surface area is 161 Å². The third kappa shape index (κ3) is 3.37. The summed E-state index contributed by atoms with van der Waals surface area (Å²) in [5, 5.41) is 4.37. The Kier molecular flexibility index (Phi) is 5.25. The molecule has 5 heteroatoms. The molecule has 1 aliphatic heterocycles. The molecule has 1 aliphatic carbocycles. The normalized spacial score (nSPS) is 24.0. The molecule has 0 spiro atoms. The van der Waals surface area contributed by atoms with E-state index in [4.69, 9.17) is 12.2 Å². The number of hydrogen-bond donors (Lipinski definition) is 1. The predicted octanol–water partition coefficient (Wildman–Crippen LogP) is 4.77. The SMILES string of the molecule is CCCN1C(=S)N[C@H](c2ccccn2)[C@@H]1c1ccn(C2CCCCC2)c1. The van der Waals surface area contributed by atoms with E-state index in [0.29, 0.717) is 6.04 Å². The summed E-state index contributed by atoms with van der Waals surface area (Å²) in [7, 11) is 0. The van der Waals surface area contributed by atoms with Crippen molar-refractivity contribution in [2.45, 2.75) is 63.6 Å². The first-order valence-electron chi connectivity index (χ1n) is 9.93. The van der Waals surface area contributed by atoms with Gasteiger partial charge in [0.25, 0.3) is 0 Å². The zero-order chi connectivity index (χ0) is 17.9. The molecule has 26 heavy (non-hydrogen) atoms. The number of nitrogens with zero attached hydrogens (tertiary/aromatic N) is 3. The average molecular weight is 369 g/mol. The molecule has 1 saturated carbocycles. The maximum absolute atomic E-state index is 5.67. The quantitative estimate of drug-likeness (QED) is 0.771. The van der Waals surface area contributed by atoms with Crippen molar-refractivity contribution in [3.05, 3.63) is 54.1 Å². The van der Waals surface area contributed by atoms with E-state index in [9.17, 15) is 0 Å². The van der Waals surface area contributed by atoms with Gasteiger partial charge in [0.15, 0.2) is 5.11 Å². The van der Waals surface area contributed by atoms with E-state index in [0.717, 1.165) is 23.8 Å². The number of pyridine rings is 1. The number of rotatable bonds is 5. The van der Waals surface area contributed by atoms with Gasteiger partial charge in [-0.25, -0.2) is 0 Å². The highest BCUT2D eigenvalue weighted by Crippen LogP contribution is 2.39. The summed E-state index contributed by atoms with van der Waals surface area (Å²) in [6.07, 6.45) is 14.3. The number of thiocarbonyl (C=S) groups is 1. The van der Waals surface area contributed by atoms with Gasteiger partial charge in [-0.3, -0.25) is 4.98 Å². The van der Waals surface area contributed by atoms with Crippen molar-refractivity contribution in [3.8, 4) is 0 Å². The monoisotopic (exact) mass is 368 g/mol. The molecule has 1 saturated heterocycles. The predicted molar refractivity (Wildman–Crippen MR) is 109 cm³/mol. The van der Waals surface area contributed by atoms with Gasteiger partial charge >= 0.3 is 0 Å². The van der Waals surface area contributed by atoms with Crippen LogP contribution in [0.3, 0.4) is 0 Å². The first kappa shape index (κ1) is 17.5. The fourth-order valence-electron chi connectivity index (χ4n) is 4.46. The van der Waals surface area contributed by atoms with Crippen molar-refractivity contribution in [3.63, 3.8) is 0 Å². The van der Waals surface area contributed by atoms with Crippen LogP contribution in [0.1, 0.15) is 74.8 Å². The van der Waals surface area contributed by atoms with Crippen LogP contribution in [-0.2, 0) is 0 Å². The minimum absolute atomic E-state index is 0.109. The Balaban J connectivity index is 1.65. The van der Waals surface area contributed by atoms with Crippen LogP contribution in [0.15, 0.2) is 42.9 Å². The van der Waals surface area contributed by atoms with Crippen molar-refractivity contribution in [2.24, 2.45) is 0 Å². The molecule has 0 amide bonds. The Morgan fingerprint density at radius 1 is 1.19 bits per heavy atom. The lowest BCUT2D eigenvalue weighted by molar-refractivity contribution is 0.315. The molecule has 0 bridgehead atoms. The second-order valence-electron chi connectivity index (χ2n) is 7.50. The molecule has 4 nitrogen and oxygen atoms in total. The van der Waals surface area contributed by atoms with Gasteiger partial charge in [0.2, 0.25) is 0 Å². The molecular formula is C21H28N4S. The minimum Gasteiger partial charge on any atom is -0.352 e. The lowest BCUT2D eigenvalue weighted by Gasteiger charge is -2.27. The Morgan fingerprint density at radius 3 is 2.77 bits per heavy atom. The Bertz CT molecular complexity index is 735. The number of aromatic nitrogens is 2. The molecule has 0 radical (unpaired) electrons. The van der Waals surface area contributed by atoms with Gasteiger partial charge in [-0.05, 0) is 55.2 Å². The van der Waals surface area contributed by atoms with Crippen LogP contribution < -0.4 is 5.32 Å². The lowest BCUT2D eigenvalue weighted by atomic mass is 9.95. The fraction of sp³-hybridized carbons (Fsp3) is 0.524. The second-order valence-corrected chi connectivity index (χ2v) is 7.89. The van der Waals surface area contributed by atoms with E-state index in [2.05, 4.69) is 57.3 Å². The lowest BCUT2D eigenvalue weighted by Crippen LogP contribution is -2.30. The molecule has 3 heterocycles. The molecule has 2 atom stereocenters. The molecule has 2 aliphatic rings. The summed E-state index contributed by atoms with van der Waals surface area (Å²) in [6, 6.07) is 9.38. The number of nitrogens with one attached hydrogen (secondary N) is 1. The van der Waals surface area contributed by atoms with Crippen molar-refractivity contribution < 1.29 is 0 Å². The van der Waals surface area contributed by atoms with Gasteiger partial charge in [0.1, 0.15) is 0 Å². The second kappa shape index (κ2) is 7.78. The van der Waals surface area contributed by atoms with Crippen LogP contribution in [-0.4, -0.2) is 26.1 Å². The van der Waals surface area contributed by atoms with E-state index < -0.39 is 0 Å². The Hall–Kier alpha value is -1.88. The molecule has 2 fully saturated rings. The molecular weight excluding hydrogens is 340 g/mol. The van der Waals surface area contributed by atoms with Crippen LogP contribution in [0.25, 0.3) is 0 Å². The van der Waals surface area contributed by atoms with E-state index in [1.165, 1.54) is 37.7 Å². The molecule has 4 rings (SSSR count). The summed E-state index contributed by atoms with van der Waals surface area (Å²) >= 11 is 5.67. The fourth-order valence-corrected chi connectivity index (χ4v) is 4.79. The van der Waals surface area contributed by atoms with Crippen LogP contribution in [0, 0.1) is 0 Å². The first-order chi connectivity index (χ1) is 12.8. The molecule has 138 valence electrons. The van der Waals surface area contributed by atoms with E-state index in [1.54, 1.807) is 0 Å². The highest BCUT2D eigenvalue weighted by Gasteiger charge is 2.39. The topological polar surface area (TPSA) is 33.1 Å². The van der Waals surface area contributed by atoms with Gasteiger partial charge in [-0.15, -0.1) is 0 Å². The summed E-state index contributed by atoms with van der Waals surface area (Å²) in [5.41, 5.74) is 2.40. The van der Waals surface area contributed by atoms with Gasteiger partial charge in [0.05, 0.1) is 17.8 Å². The minimum atomic E-state index is 0.109. The molecule has 2 aromatic heterocycles. The van der Waals surface area contributed by atoms with E-state index in [-0.39, 0.29) is 12.1 Å². The third-order valence-electron chi connectivity index (χ3n) is 5.74. The molecule has 0 unspecified atom stereocenters. The largest absolute Gasteiger partial charge is 0.352 e. The van der Waals surface area contributed by atoms with Crippen molar-refractivity contribution in [2.75, 3.05) is 6.54 Å². The van der Waals surface area contributed by atoms with Crippen LogP contribution >= 0.6 is 12.2 Å². The first-order valence-corrected chi connectivity index (χ1v) is 10.3. The number of hydrogen-bond acceptors (Lipinski definition) is 2. The van der Waals surface area contributed by atoms with Gasteiger partial charge in [-0.2, -0.15) is 0 Å². The summed E-state index contributed by atoms with van der Waals surface area (Å²) in [4.78, 5) is 6.95.